The Hall–Kier alpha value is -3.54. The Balaban J connectivity index is 1.44. The van der Waals surface area contributed by atoms with Crippen LogP contribution >= 0.6 is 0 Å². The molecule has 3 heterocycles. The lowest BCUT2D eigenvalue weighted by molar-refractivity contribution is -0.138. The van der Waals surface area contributed by atoms with Crippen LogP contribution in [-0.2, 0) is 12.7 Å². The molecule has 0 bridgehead atoms. The molecule has 1 aliphatic rings. The van der Waals surface area contributed by atoms with Crippen LogP contribution in [-0.4, -0.2) is 51.9 Å². The van der Waals surface area contributed by atoms with E-state index in [0.717, 1.165) is 55.2 Å². The minimum atomic E-state index is -4.42. The molecule has 1 saturated heterocycles. The molecule has 0 spiro atoms. The number of piperazine rings is 1. The summed E-state index contributed by atoms with van der Waals surface area (Å²) in [5, 5.41) is 2.97. The average Bonchev–Trinajstić information content (AvgIpc) is 3.28. The van der Waals surface area contributed by atoms with E-state index < -0.39 is 11.7 Å². The topological polar surface area (TPSA) is 35.8 Å². The number of rotatable bonds is 6. The third-order valence-corrected chi connectivity index (χ3v) is 6.53. The van der Waals surface area contributed by atoms with Gasteiger partial charge in [0.1, 0.15) is 11.3 Å². The van der Waals surface area contributed by atoms with Crippen molar-refractivity contribution >= 4 is 11.3 Å². The molecule has 37 heavy (non-hydrogen) atoms. The maximum Gasteiger partial charge on any atom is 0.416 e. The number of fused-ring (bicyclic) bond motifs is 1. The first-order chi connectivity index (χ1) is 17.8. The average molecular weight is 508 g/mol. The van der Waals surface area contributed by atoms with E-state index >= 15 is 0 Å². The van der Waals surface area contributed by atoms with E-state index in [2.05, 4.69) is 38.9 Å². The van der Waals surface area contributed by atoms with Gasteiger partial charge in [-0.05, 0) is 61.7 Å². The van der Waals surface area contributed by atoms with Gasteiger partial charge in [-0.25, -0.2) is 4.98 Å². The van der Waals surface area contributed by atoms with Gasteiger partial charge in [0.15, 0.2) is 0 Å². The fourth-order valence-electron chi connectivity index (χ4n) is 4.33. The quantitative estimate of drug-likeness (QED) is 0.342. The third kappa shape index (κ3) is 6.82. The van der Waals surface area contributed by atoms with Crippen LogP contribution in [0.25, 0.3) is 5.65 Å². The number of alkyl halides is 3. The number of likely N-dealkylation sites (N-methyl/N-ethyl adjacent to an activating group) is 1. The number of benzene rings is 1. The fourth-order valence-corrected chi connectivity index (χ4v) is 4.33. The van der Waals surface area contributed by atoms with Gasteiger partial charge in [-0.2, -0.15) is 13.2 Å². The van der Waals surface area contributed by atoms with Crippen molar-refractivity contribution in [3.63, 3.8) is 0 Å². The number of halogens is 3. The van der Waals surface area contributed by atoms with Crippen LogP contribution in [0.2, 0.25) is 0 Å². The lowest BCUT2D eigenvalue weighted by Crippen LogP contribution is -2.45. The van der Waals surface area contributed by atoms with Gasteiger partial charge in [-0.1, -0.05) is 31.1 Å². The van der Waals surface area contributed by atoms with Gasteiger partial charge >= 0.3 is 6.18 Å². The van der Waals surface area contributed by atoms with Crippen molar-refractivity contribution < 1.29 is 13.2 Å². The van der Waals surface area contributed by atoms with E-state index in [4.69, 9.17) is 0 Å². The molecule has 0 atom stereocenters. The molecule has 4 rings (SSSR count). The molecule has 2 aromatic heterocycles. The maximum absolute atomic E-state index is 13.9. The van der Waals surface area contributed by atoms with Crippen LogP contribution in [0.4, 0.5) is 18.9 Å². The van der Waals surface area contributed by atoms with Crippen LogP contribution in [0.5, 0.6) is 0 Å². The summed E-state index contributed by atoms with van der Waals surface area (Å²) in [6, 6.07) is 8.39. The number of anilines is 1. The molecule has 3 aromatic rings. The second-order valence-electron chi connectivity index (χ2n) is 9.13. The predicted molar refractivity (Wildman–Crippen MR) is 142 cm³/mol. The first-order valence-electron chi connectivity index (χ1n) is 12.5. The van der Waals surface area contributed by atoms with Gasteiger partial charge < -0.3 is 10.2 Å². The normalized spacial score (nSPS) is 15.8. The summed E-state index contributed by atoms with van der Waals surface area (Å²) in [6.07, 6.45) is 4.49. The Labute approximate surface area is 216 Å². The number of pyridine rings is 1. The third-order valence-electron chi connectivity index (χ3n) is 6.53. The molecule has 0 radical (unpaired) electrons. The maximum atomic E-state index is 13.9. The lowest BCUT2D eigenvalue weighted by Gasteiger charge is -2.34. The largest absolute Gasteiger partial charge is 0.416 e. The highest BCUT2D eigenvalue weighted by atomic mass is 19.4. The molecule has 0 aliphatic carbocycles. The van der Waals surface area contributed by atoms with E-state index in [0.29, 0.717) is 17.8 Å². The van der Waals surface area contributed by atoms with Crippen molar-refractivity contribution in [1.29, 1.82) is 0 Å². The fraction of sp³-hybridized carbons (Fsp3) is 0.345. The van der Waals surface area contributed by atoms with Crippen molar-refractivity contribution in [3.05, 3.63) is 89.0 Å². The SMILES string of the molecule is C/C=C(C#Cc1cnc2ccc(C)cn12)\C=C\Nc1ccc(CN2CCN(CC)CC2)c(C(F)(F)F)c1. The number of hydrogen-bond acceptors (Lipinski definition) is 4. The number of nitrogens with zero attached hydrogens (tertiary/aromatic N) is 4. The van der Waals surface area contributed by atoms with Crippen molar-refractivity contribution in [2.24, 2.45) is 0 Å². The lowest BCUT2D eigenvalue weighted by atomic mass is 10.0. The Morgan fingerprint density at radius 1 is 1.11 bits per heavy atom. The first-order valence-corrected chi connectivity index (χ1v) is 12.5. The molecule has 1 aromatic carbocycles. The zero-order valence-electron chi connectivity index (χ0n) is 21.4. The summed E-state index contributed by atoms with van der Waals surface area (Å²) in [4.78, 5) is 8.76. The van der Waals surface area contributed by atoms with Gasteiger partial charge in [0.2, 0.25) is 0 Å². The number of aryl methyl sites for hydroxylation is 1. The van der Waals surface area contributed by atoms with E-state index in [1.54, 1.807) is 30.6 Å². The zero-order valence-corrected chi connectivity index (χ0v) is 21.4. The van der Waals surface area contributed by atoms with Crippen molar-refractivity contribution in [3.8, 4) is 11.8 Å². The van der Waals surface area contributed by atoms with Crippen molar-refractivity contribution in [2.45, 2.75) is 33.5 Å². The highest BCUT2D eigenvalue weighted by molar-refractivity contribution is 5.53. The molecule has 1 fully saturated rings. The van der Waals surface area contributed by atoms with E-state index in [-0.39, 0.29) is 0 Å². The number of aromatic nitrogens is 2. The van der Waals surface area contributed by atoms with E-state index in [9.17, 15) is 13.2 Å². The van der Waals surface area contributed by atoms with Gasteiger partial charge in [0, 0.05) is 56.4 Å². The van der Waals surface area contributed by atoms with Gasteiger partial charge in [0.25, 0.3) is 0 Å². The number of nitrogens with one attached hydrogen (secondary N) is 1. The van der Waals surface area contributed by atoms with E-state index in [1.165, 1.54) is 6.07 Å². The van der Waals surface area contributed by atoms with Crippen molar-refractivity contribution in [1.82, 2.24) is 19.2 Å². The smallest absolute Gasteiger partial charge is 0.362 e. The van der Waals surface area contributed by atoms with Crippen LogP contribution in [0.3, 0.4) is 0 Å². The highest BCUT2D eigenvalue weighted by Gasteiger charge is 2.34. The molecular weight excluding hydrogens is 475 g/mol. The van der Waals surface area contributed by atoms with Gasteiger partial charge in [0.05, 0.1) is 11.8 Å². The number of imidazole rings is 1. The number of allylic oxidation sites excluding steroid dienone is 3. The molecule has 8 heteroatoms. The molecule has 0 amide bonds. The van der Waals surface area contributed by atoms with Crippen LogP contribution in [0.15, 0.2) is 66.7 Å². The minimum Gasteiger partial charge on any atom is -0.362 e. The number of hydrogen-bond donors (Lipinski definition) is 1. The standard InChI is InChI=1S/C29H32F3N5/c1-4-23(7-10-26-19-34-28-11-6-22(3)20-37(26)28)12-13-33-25-9-8-24(27(18-25)29(30,31)32)21-36-16-14-35(5-2)15-17-36/h4,6,8-9,11-13,18-20,33H,5,14-17,21H2,1-3H3/b13-12+,23-4-. The minimum absolute atomic E-state index is 0.295. The summed E-state index contributed by atoms with van der Waals surface area (Å²) in [6.45, 7) is 10.6. The molecule has 0 unspecified atom stereocenters. The van der Waals surface area contributed by atoms with Gasteiger partial charge in [-0.3, -0.25) is 9.30 Å². The Morgan fingerprint density at radius 2 is 1.86 bits per heavy atom. The Kier molecular flexibility index (Phi) is 8.37. The monoisotopic (exact) mass is 507 g/mol. The molecule has 1 N–H and O–H groups in total. The molecular formula is C29H32F3N5. The van der Waals surface area contributed by atoms with Crippen molar-refractivity contribution in [2.75, 3.05) is 38.0 Å². The molecule has 0 saturated carbocycles. The Morgan fingerprint density at radius 3 is 2.57 bits per heavy atom. The highest BCUT2D eigenvalue weighted by Crippen LogP contribution is 2.34. The summed E-state index contributed by atoms with van der Waals surface area (Å²) in [7, 11) is 0. The predicted octanol–water partition coefficient (Wildman–Crippen LogP) is 5.72. The summed E-state index contributed by atoms with van der Waals surface area (Å²) < 4.78 is 43.5. The molecule has 194 valence electrons. The van der Waals surface area contributed by atoms with Gasteiger partial charge in [-0.15, -0.1) is 0 Å². The second-order valence-corrected chi connectivity index (χ2v) is 9.13. The zero-order chi connectivity index (χ0) is 26.4. The second kappa shape index (κ2) is 11.7. The van der Waals surface area contributed by atoms with Crippen LogP contribution in [0, 0.1) is 18.8 Å². The van der Waals surface area contributed by atoms with E-state index in [1.807, 2.05) is 42.7 Å². The molecule has 5 nitrogen and oxygen atoms in total. The first kappa shape index (κ1) is 26.5. The van der Waals surface area contributed by atoms with Crippen LogP contribution < -0.4 is 5.32 Å². The Bertz CT molecular complexity index is 1350. The summed E-state index contributed by atoms with van der Waals surface area (Å²) >= 11 is 0. The summed E-state index contributed by atoms with van der Waals surface area (Å²) in [5.74, 6) is 6.22. The molecule has 1 aliphatic heterocycles. The van der Waals surface area contributed by atoms with Crippen LogP contribution in [0.1, 0.15) is 36.2 Å². The summed E-state index contributed by atoms with van der Waals surface area (Å²) in [5.41, 5.74) is 3.50.